The standard InChI is InChI=1S/C13H8ClN3O/c14-10-3-1-2-8(4-10)12-11-9(6-18)5-15-13(11)17-7-16-12/h1-7H,(H,15,16,17). The highest BCUT2D eigenvalue weighted by Crippen LogP contribution is 2.28. The Balaban J connectivity index is 2.35. The molecule has 0 amide bonds. The van der Waals surface area contributed by atoms with Crippen LogP contribution in [0.3, 0.4) is 0 Å². The summed E-state index contributed by atoms with van der Waals surface area (Å²) < 4.78 is 0. The van der Waals surface area contributed by atoms with E-state index in [9.17, 15) is 4.79 Å². The molecule has 0 aliphatic carbocycles. The van der Waals surface area contributed by atoms with Crippen molar-refractivity contribution in [3.63, 3.8) is 0 Å². The number of benzene rings is 1. The Morgan fingerprint density at radius 1 is 1.28 bits per heavy atom. The second-order valence-corrected chi connectivity index (χ2v) is 4.25. The number of fused-ring (bicyclic) bond motifs is 1. The number of carbonyl (C=O) groups excluding carboxylic acids is 1. The molecule has 0 fully saturated rings. The van der Waals surface area contributed by atoms with Crippen molar-refractivity contribution in [3.05, 3.63) is 47.4 Å². The summed E-state index contributed by atoms with van der Waals surface area (Å²) in [7, 11) is 0. The number of carbonyl (C=O) groups is 1. The molecule has 0 aliphatic rings. The first-order chi connectivity index (χ1) is 8.79. The van der Waals surface area contributed by atoms with Gasteiger partial charge in [-0.05, 0) is 12.1 Å². The van der Waals surface area contributed by atoms with Crippen molar-refractivity contribution in [1.29, 1.82) is 0 Å². The summed E-state index contributed by atoms with van der Waals surface area (Å²) >= 11 is 5.97. The Morgan fingerprint density at radius 3 is 2.94 bits per heavy atom. The number of hydrogen-bond donors (Lipinski definition) is 1. The van der Waals surface area contributed by atoms with E-state index >= 15 is 0 Å². The van der Waals surface area contributed by atoms with E-state index < -0.39 is 0 Å². The molecule has 18 heavy (non-hydrogen) atoms. The third-order valence-corrected chi connectivity index (χ3v) is 2.96. The molecule has 2 heterocycles. The highest BCUT2D eigenvalue weighted by molar-refractivity contribution is 6.30. The number of aromatic nitrogens is 3. The van der Waals surface area contributed by atoms with Gasteiger partial charge in [0.05, 0.1) is 11.1 Å². The Labute approximate surface area is 108 Å². The van der Waals surface area contributed by atoms with Crippen LogP contribution in [-0.2, 0) is 0 Å². The van der Waals surface area contributed by atoms with Crippen LogP contribution in [0, 0.1) is 0 Å². The smallest absolute Gasteiger partial charge is 0.152 e. The van der Waals surface area contributed by atoms with Gasteiger partial charge in [0.1, 0.15) is 12.0 Å². The number of aromatic amines is 1. The van der Waals surface area contributed by atoms with Gasteiger partial charge in [-0.2, -0.15) is 0 Å². The van der Waals surface area contributed by atoms with E-state index in [0.29, 0.717) is 21.9 Å². The molecule has 0 saturated heterocycles. The van der Waals surface area contributed by atoms with Crippen LogP contribution in [0.5, 0.6) is 0 Å². The average molecular weight is 258 g/mol. The Hall–Kier alpha value is -2.20. The van der Waals surface area contributed by atoms with Crippen molar-refractivity contribution in [2.45, 2.75) is 0 Å². The van der Waals surface area contributed by atoms with Gasteiger partial charge in [0.25, 0.3) is 0 Å². The van der Waals surface area contributed by atoms with Crippen molar-refractivity contribution in [3.8, 4) is 11.3 Å². The molecule has 0 saturated carbocycles. The maximum Gasteiger partial charge on any atom is 0.152 e. The zero-order valence-corrected chi connectivity index (χ0v) is 9.98. The number of H-pyrrole nitrogens is 1. The van der Waals surface area contributed by atoms with E-state index in [1.165, 1.54) is 6.33 Å². The zero-order valence-electron chi connectivity index (χ0n) is 9.22. The van der Waals surface area contributed by atoms with E-state index in [0.717, 1.165) is 17.2 Å². The highest BCUT2D eigenvalue weighted by Gasteiger charge is 2.12. The van der Waals surface area contributed by atoms with Crippen LogP contribution in [0.2, 0.25) is 5.02 Å². The number of aldehydes is 1. The van der Waals surface area contributed by atoms with Crippen LogP contribution in [0.25, 0.3) is 22.3 Å². The minimum Gasteiger partial charge on any atom is -0.345 e. The Morgan fingerprint density at radius 2 is 2.17 bits per heavy atom. The van der Waals surface area contributed by atoms with E-state index in [1.54, 1.807) is 12.3 Å². The maximum atomic E-state index is 11.0. The normalized spacial score (nSPS) is 10.7. The van der Waals surface area contributed by atoms with Gasteiger partial charge < -0.3 is 4.98 Å². The van der Waals surface area contributed by atoms with E-state index in [4.69, 9.17) is 11.6 Å². The molecule has 0 aliphatic heterocycles. The lowest BCUT2D eigenvalue weighted by Gasteiger charge is -2.03. The first-order valence-electron chi connectivity index (χ1n) is 5.33. The van der Waals surface area contributed by atoms with Crippen LogP contribution < -0.4 is 0 Å². The molecule has 1 aromatic carbocycles. The number of hydrogen-bond acceptors (Lipinski definition) is 3. The van der Waals surface area contributed by atoms with E-state index in [2.05, 4.69) is 15.0 Å². The third-order valence-electron chi connectivity index (χ3n) is 2.73. The molecule has 2 aromatic heterocycles. The van der Waals surface area contributed by atoms with E-state index in [1.807, 2.05) is 18.2 Å². The number of halogens is 1. The minimum atomic E-state index is 0.542. The Bertz CT molecular complexity index is 736. The number of nitrogens with zero attached hydrogens (tertiary/aromatic N) is 2. The van der Waals surface area contributed by atoms with Crippen molar-refractivity contribution < 1.29 is 4.79 Å². The minimum absolute atomic E-state index is 0.542. The molecule has 0 unspecified atom stereocenters. The first kappa shape index (κ1) is 10.9. The third kappa shape index (κ3) is 1.67. The van der Waals surface area contributed by atoms with Crippen LogP contribution in [0.15, 0.2) is 36.8 Å². The summed E-state index contributed by atoms with van der Waals surface area (Å²) in [5.74, 6) is 0. The monoisotopic (exact) mass is 257 g/mol. The summed E-state index contributed by atoms with van der Waals surface area (Å²) in [6, 6.07) is 7.35. The zero-order chi connectivity index (χ0) is 12.5. The molecular weight excluding hydrogens is 250 g/mol. The molecule has 3 aromatic rings. The molecule has 0 atom stereocenters. The van der Waals surface area contributed by atoms with Crippen molar-refractivity contribution >= 4 is 28.9 Å². The lowest BCUT2D eigenvalue weighted by Crippen LogP contribution is -1.89. The lowest BCUT2D eigenvalue weighted by atomic mass is 10.1. The van der Waals surface area contributed by atoms with Gasteiger partial charge in [0.15, 0.2) is 6.29 Å². The molecule has 1 N–H and O–H groups in total. The molecule has 0 bridgehead atoms. The van der Waals surface area contributed by atoms with Gasteiger partial charge in [0.2, 0.25) is 0 Å². The molecule has 0 radical (unpaired) electrons. The summed E-state index contributed by atoms with van der Waals surface area (Å²) in [6.07, 6.45) is 3.88. The SMILES string of the molecule is O=Cc1c[nH]c2ncnc(-c3cccc(Cl)c3)c12. The maximum absolute atomic E-state index is 11.0. The van der Waals surface area contributed by atoms with Crippen LogP contribution >= 0.6 is 11.6 Å². The van der Waals surface area contributed by atoms with Crippen molar-refractivity contribution in [2.24, 2.45) is 0 Å². The predicted molar refractivity (Wildman–Crippen MR) is 69.7 cm³/mol. The van der Waals surface area contributed by atoms with E-state index in [-0.39, 0.29) is 0 Å². The highest BCUT2D eigenvalue weighted by atomic mass is 35.5. The van der Waals surface area contributed by atoms with Crippen LogP contribution in [0.1, 0.15) is 10.4 Å². The van der Waals surface area contributed by atoms with Gasteiger partial charge in [0, 0.05) is 22.3 Å². The summed E-state index contributed by atoms with van der Waals surface area (Å²) in [4.78, 5) is 22.3. The number of rotatable bonds is 2. The van der Waals surface area contributed by atoms with Gasteiger partial charge >= 0.3 is 0 Å². The Kier molecular flexibility index (Phi) is 2.57. The van der Waals surface area contributed by atoms with Gasteiger partial charge in [-0.25, -0.2) is 9.97 Å². The summed E-state index contributed by atoms with van der Waals surface area (Å²) in [6.45, 7) is 0. The van der Waals surface area contributed by atoms with Crippen molar-refractivity contribution in [2.75, 3.05) is 0 Å². The largest absolute Gasteiger partial charge is 0.345 e. The quantitative estimate of drug-likeness (QED) is 0.718. The fourth-order valence-electron chi connectivity index (χ4n) is 1.93. The lowest BCUT2D eigenvalue weighted by molar-refractivity contribution is 0.112. The molecule has 3 rings (SSSR count). The summed E-state index contributed by atoms with van der Waals surface area (Å²) in [5.41, 5.74) is 2.74. The van der Waals surface area contributed by atoms with Crippen molar-refractivity contribution in [1.82, 2.24) is 15.0 Å². The van der Waals surface area contributed by atoms with Crippen LogP contribution in [-0.4, -0.2) is 21.2 Å². The average Bonchev–Trinajstić information content (AvgIpc) is 2.81. The van der Waals surface area contributed by atoms with Gasteiger partial charge in [-0.15, -0.1) is 0 Å². The van der Waals surface area contributed by atoms with Gasteiger partial charge in [-0.3, -0.25) is 4.79 Å². The second-order valence-electron chi connectivity index (χ2n) is 3.82. The fraction of sp³-hybridized carbons (Fsp3) is 0. The molecule has 5 heteroatoms. The van der Waals surface area contributed by atoms with Gasteiger partial charge in [-0.1, -0.05) is 23.7 Å². The molecule has 0 spiro atoms. The number of nitrogens with one attached hydrogen (secondary N) is 1. The second kappa shape index (κ2) is 4.23. The topological polar surface area (TPSA) is 58.6 Å². The first-order valence-corrected chi connectivity index (χ1v) is 5.70. The fourth-order valence-corrected chi connectivity index (χ4v) is 2.12. The molecule has 4 nitrogen and oxygen atoms in total. The van der Waals surface area contributed by atoms with Crippen LogP contribution in [0.4, 0.5) is 0 Å². The predicted octanol–water partition coefficient (Wildman–Crippen LogP) is 3.09. The summed E-state index contributed by atoms with van der Waals surface area (Å²) in [5, 5.41) is 1.34. The molecule has 88 valence electrons. The molecular formula is C13H8ClN3O.